The molecule has 2 aromatic carbocycles. The van der Waals surface area contributed by atoms with Gasteiger partial charge in [0.05, 0.1) is 5.56 Å². The van der Waals surface area contributed by atoms with E-state index in [0.29, 0.717) is 5.56 Å². The number of hydrogen-bond acceptors (Lipinski definition) is 3. The van der Waals surface area contributed by atoms with Gasteiger partial charge in [0.2, 0.25) is 0 Å². The van der Waals surface area contributed by atoms with Crippen LogP contribution in [-0.2, 0) is 0 Å². The van der Waals surface area contributed by atoms with Crippen molar-refractivity contribution in [1.29, 1.82) is 0 Å². The fourth-order valence-electron chi connectivity index (χ4n) is 1.98. The van der Waals surface area contributed by atoms with E-state index in [1.165, 1.54) is 0 Å². The van der Waals surface area contributed by atoms with E-state index >= 15 is 0 Å². The van der Waals surface area contributed by atoms with Crippen molar-refractivity contribution in [2.24, 2.45) is 0 Å². The first-order chi connectivity index (χ1) is 9.13. The first-order valence-corrected chi connectivity index (χ1v) is 6.58. The predicted octanol–water partition coefficient (Wildman–Crippen LogP) is 4.02. The maximum absolute atomic E-state index is 11.0. The van der Waals surface area contributed by atoms with Crippen LogP contribution in [0, 0.1) is 0 Å². The Kier molecular flexibility index (Phi) is 4.06. The second-order valence-electron chi connectivity index (χ2n) is 4.29. The quantitative estimate of drug-likeness (QED) is 0.666. The molecule has 1 heterocycles. The van der Waals surface area contributed by atoms with Crippen LogP contribution in [0.2, 0.25) is 0 Å². The second kappa shape index (κ2) is 5.61. The Bertz CT molecular complexity index is 713. The summed E-state index contributed by atoms with van der Waals surface area (Å²) >= 11 is 1.56. The number of carbonyl (C=O) groups is 1. The molecule has 3 N–H and O–H groups in total. The Morgan fingerprint density at radius 3 is 2.50 bits per heavy atom. The van der Waals surface area contributed by atoms with Gasteiger partial charge in [-0.1, -0.05) is 30.0 Å². The Labute approximate surface area is 126 Å². The average Bonchev–Trinajstić information content (AvgIpc) is 2.56. The van der Waals surface area contributed by atoms with Gasteiger partial charge >= 0.3 is 5.97 Å². The lowest BCUT2D eigenvalue weighted by Crippen LogP contribution is -1.96. The molecule has 0 radical (unpaired) electrons. The lowest BCUT2D eigenvalue weighted by molar-refractivity contribution is 0.0696. The molecule has 0 unspecified atom stereocenters. The maximum Gasteiger partial charge on any atom is 0.335 e. The monoisotopic (exact) mass is 305 g/mol. The predicted molar refractivity (Wildman–Crippen MR) is 84.6 cm³/mol. The van der Waals surface area contributed by atoms with Crippen LogP contribution in [0.5, 0.6) is 0 Å². The zero-order valence-corrected chi connectivity index (χ0v) is 12.0. The number of halogens is 1. The molecule has 20 heavy (non-hydrogen) atoms. The third kappa shape index (κ3) is 2.66. The van der Waals surface area contributed by atoms with Crippen molar-refractivity contribution in [2.45, 2.75) is 9.79 Å². The number of nitrogens with two attached hydrogens (primary N) is 1. The van der Waals surface area contributed by atoms with Crippen LogP contribution >= 0.6 is 24.2 Å². The third-order valence-electron chi connectivity index (χ3n) is 2.96. The lowest BCUT2D eigenvalue weighted by atomic mass is 10.1. The number of nitrogen functional groups attached to an aromatic ring is 1. The summed E-state index contributed by atoms with van der Waals surface area (Å²) in [4.78, 5) is 13.0. The van der Waals surface area contributed by atoms with Gasteiger partial charge in [-0.3, -0.25) is 0 Å². The van der Waals surface area contributed by atoms with Crippen molar-refractivity contribution in [3.63, 3.8) is 0 Å². The number of benzene rings is 2. The summed E-state index contributed by atoms with van der Waals surface area (Å²) in [6.07, 6.45) is 3.99. The van der Waals surface area contributed by atoms with Crippen LogP contribution in [0.1, 0.15) is 21.5 Å². The second-order valence-corrected chi connectivity index (χ2v) is 5.37. The van der Waals surface area contributed by atoms with Crippen molar-refractivity contribution in [2.75, 3.05) is 5.73 Å². The van der Waals surface area contributed by atoms with Gasteiger partial charge in [0.1, 0.15) is 0 Å². The first-order valence-electron chi connectivity index (χ1n) is 5.76. The molecule has 102 valence electrons. The van der Waals surface area contributed by atoms with Gasteiger partial charge in [-0.2, -0.15) is 0 Å². The van der Waals surface area contributed by atoms with Crippen LogP contribution in [0.15, 0.2) is 46.2 Å². The van der Waals surface area contributed by atoms with E-state index in [1.54, 1.807) is 23.9 Å². The average molecular weight is 306 g/mol. The van der Waals surface area contributed by atoms with E-state index in [1.807, 2.05) is 36.4 Å². The summed E-state index contributed by atoms with van der Waals surface area (Å²) in [7, 11) is 0. The van der Waals surface area contributed by atoms with Gasteiger partial charge in [-0.05, 0) is 41.5 Å². The smallest absolute Gasteiger partial charge is 0.335 e. The number of carboxylic acids is 1. The molecule has 0 aromatic heterocycles. The van der Waals surface area contributed by atoms with E-state index in [-0.39, 0.29) is 12.4 Å². The van der Waals surface area contributed by atoms with Crippen LogP contribution in [-0.4, -0.2) is 11.1 Å². The highest BCUT2D eigenvalue weighted by Gasteiger charge is 2.12. The lowest BCUT2D eigenvalue weighted by Gasteiger charge is -2.07. The largest absolute Gasteiger partial charge is 0.478 e. The molecular formula is C15H12ClNO2S. The van der Waals surface area contributed by atoms with Crippen LogP contribution in [0.4, 0.5) is 5.69 Å². The standard InChI is InChI=1S/C15H11NO2S.ClH/c16-12-5-6-13-10(7-12)3-1-9-2-4-11(15(17)18)8-14(9)19-13;/h1-8H,16H2,(H,17,18);1H. The molecule has 1 aliphatic heterocycles. The molecule has 0 aliphatic carbocycles. The fraction of sp³-hybridized carbons (Fsp3) is 0. The minimum absolute atomic E-state index is 0. The van der Waals surface area contributed by atoms with E-state index in [0.717, 1.165) is 26.6 Å². The zero-order valence-electron chi connectivity index (χ0n) is 10.4. The minimum atomic E-state index is -0.908. The third-order valence-corrected chi connectivity index (χ3v) is 4.12. The van der Waals surface area contributed by atoms with Crippen molar-refractivity contribution in [3.8, 4) is 0 Å². The summed E-state index contributed by atoms with van der Waals surface area (Å²) in [5.74, 6) is -0.908. The summed E-state index contributed by atoms with van der Waals surface area (Å²) in [5, 5.41) is 9.04. The summed E-state index contributed by atoms with van der Waals surface area (Å²) in [6.45, 7) is 0. The van der Waals surface area contributed by atoms with E-state index in [2.05, 4.69) is 0 Å². The Hall–Kier alpha value is -1.91. The number of hydrogen-bond donors (Lipinski definition) is 2. The summed E-state index contributed by atoms with van der Waals surface area (Å²) < 4.78 is 0. The molecule has 0 atom stereocenters. The molecule has 3 nitrogen and oxygen atoms in total. The molecule has 3 rings (SSSR count). The molecule has 2 aromatic rings. The molecule has 0 bridgehead atoms. The van der Waals surface area contributed by atoms with E-state index < -0.39 is 5.97 Å². The maximum atomic E-state index is 11.0. The molecular weight excluding hydrogens is 294 g/mol. The molecule has 0 saturated carbocycles. The van der Waals surface area contributed by atoms with Gasteiger partial charge in [-0.15, -0.1) is 12.4 Å². The molecule has 0 fully saturated rings. The molecule has 0 saturated heterocycles. The van der Waals surface area contributed by atoms with E-state index in [4.69, 9.17) is 10.8 Å². The highest BCUT2D eigenvalue weighted by molar-refractivity contribution is 7.99. The number of aromatic carboxylic acids is 1. The minimum Gasteiger partial charge on any atom is -0.478 e. The summed E-state index contributed by atoms with van der Waals surface area (Å²) in [5.41, 5.74) is 8.88. The van der Waals surface area contributed by atoms with Gasteiger partial charge in [0.25, 0.3) is 0 Å². The van der Waals surface area contributed by atoms with Crippen molar-refractivity contribution in [1.82, 2.24) is 0 Å². The van der Waals surface area contributed by atoms with Crippen molar-refractivity contribution < 1.29 is 9.90 Å². The highest BCUT2D eigenvalue weighted by atomic mass is 35.5. The topological polar surface area (TPSA) is 63.3 Å². The Morgan fingerprint density at radius 2 is 1.75 bits per heavy atom. The number of rotatable bonds is 1. The zero-order chi connectivity index (χ0) is 13.4. The fourth-order valence-corrected chi connectivity index (χ4v) is 3.04. The first kappa shape index (κ1) is 14.5. The Morgan fingerprint density at radius 1 is 1.00 bits per heavy atom. The summed E-state index contributed by atoms with van der Waals surface area (Å²) in [6, 6.07) is 10.9. The highest BCUT2D eigenvalue weighted by Crippen LogP contribution is 2.38. The van der Waals surface area contributed by atoms with Gasteiger partial charge in [0.15, 0.2) is 0 Å². The normalized spacial score (nSPS) is 11.8. The molecule has 5 heteroatoms. The number of anilines is 1. The van der Waals surface area contributed by atoms with Crippen LogP contribution in [0.3, 0.4) is 0 Å². The van der Waals surface area contributed by atoms with Gasteiger partial charge < -0.3 is 10.8 Å². The van der Waals surface area contributed by atoms with Gasteiger partial charge in [-0.25, -0.2) is 4.79 Å². The number of carboxylic acid groups (broad SMARTS) is 1. The molecule has 1 aliphatic rings. The SMILES string of the molecule is Cl.Nc1ccc2c(c1)C=Cc1ccc(C(=O)O)cc1S2. The van der Waals surface area contributed by atoms with Crippen molar-refractivity contribution >= 4 is 48.0 Å². The van der Waals surface area contributed by atoms with Crippen molar-refractivity contribution in [3.05, 3.63) is 53.1 Å². The van der Waals surface area contributed by atoms with Crippen LogP contribution < -0.4 is 5.73 Å². The van der Waals surface area contributed by atoms with E-state index in [9.17, 15) is 4.79 Å². The van der Waals surface area contributed by atoms with Crippen LogP contribution in [0.25, 0.3) is 12.2 Å². The number of fused-ring (bicyclic) bond motifs is 2. The van der Waals surface area contributed by atoms with Gasteiger partial charge in [0, 0.05) is 15.5 Å². The Balaban J connectivity index is 0.00000147. The molecule has 0 spiro atoms. The molecule has 0 amide bonds.